The smallest absolute Gasteiger partial charge is 0.00756 e. The number of halogens is 3. The number of hydrogen-bond donors (Lipinski definition) is 0. The first-order valence-electron chi connectivity index (χ1n) is 2.03. The molecule has 0 aliphatic rings. The van der Waals surface area contributed by atoms with E-state index in [1.54, 1.807) is 0 Å². The van der Waals surface area contributed by atoms with E-state index < -0.39 is 0 Å². The van der Waals surface area contributed by atoms with E-state index in [9.17, 15) is 0 Å². The molecule has 0 bridgehead atoms. The Morgan fingerprint density at radius 2 is 1.14 bits per heavy atom. The zero-order valence-corrected chi connectivity index (χ0v) is 8.59. The fourth-order valence-corrected chi connectivity index (χ4v) is 3.34. The zero-order valence-electron chi connectivity index (χ0n) is 3.83. The lowest BCUT2D eigenvalue weighted by Gasteiger charge is -2.01. The molecule has 0 unspecified atom stereocenters. The van der Waals surface area contributed by atoms with E-state index in [2.05, 4.69) is 47.8 Å². The van der Waals surface area contributed by atoms with Gasteiger partial charge < -0.3 is 0 Å². The predicted octanol–water partition coefficient (Wildman–Crippen LogP) is 2.79. The third-order valence-corrected chi connectivity index (χ3v) is 3.40. The van der Waals surface area contributed by atoms with Crippen LogP contribution >= 0.6 is 47.8 Å². The van der Waals surface area contributed by atoms with Gasteiger partial charge in [-0.1, -0.05) is 47.8 Å². The normalized spacial score (nSPS) is 10.3. The Balaban J connectivity index is 2.99. The van der Waals surface area contributed by atoms with Gasteiger partial charge in [0.2, 0.25) is 0 Å². The van der Waals surface area contributed by atoms with Crippen molar-refractivity contribution in [2.24, 2.45) is 5.92 Å². The summed E-state index contributed by atoms with van der Waals surface area (Å²) in [7, 11) is 0. The minimum absolute atomic E-state index is 0.736. The second-order valence-electron chi connectivity index (χ2n) is 1.33. The van der Waals surface area contributed by atoms with Crippen molar-refractivity contribution < 1.29 is 0 Å². The van der Waals surface area contributed by atoms with Crippen LogP contribution in [0.4, 0.5) is 0 Å². The summed E-state index contributed by atoms with van der Waals surface area (Å²) >= 11 is 10.1. The van der Waals surface area contributed by atoms with Gasteiger partial charge in [-0.05, 0) is 5.92 Å². The molecule has 0 saturated heterocycles. The molecule has 0 N–H and O–H groups in total. The number of alkyl halides is 3. The first kappa shape index (κ1) is 8.44. The third kappa shape index (κ3) is 3.98. The fourth-order valence-electron chi connectivity index (χ4n) is 0.124. The molecule has 0 amide bonds. The quantitative estimate of drug-likeness (QED) is 0.702. The summed E-state index contributed by atoms with van der Waals surface area (Å²) in [5.74, 6) is 0.736. The zero-order chi connectivity index (χ0) is 5.70. The van der Waals surface area contributed by atoms with Gasteiger partial charge in [-0.2, -0.15) is 0 Å². The molecule has 0 aromatic rings. The number of hydrogen-bond acceptors (Lipinski definition) is 0. The lowest BCUT2D eigenvalue weighted by Crippen LogP contribution is -2.03. The second kappa shape index (κ2) is 5.57. The molecule has 3 heteroatoms. The van der Waals surface area contributed by atoms with Crippen molar-refractivity contribution in [1.29, 1.82) is 0 Å². The molecule has 0 rings (SSSR count). The summed E-state index contributed by atoms with van der Waals surface area (Å²) in [6.07, 6.45) is 0. The van der Waals surface area contributed by atoms with Crippen molar-refractivity contribution in [3.8, 4) is 0 Å². The van der Waals surface area contributed by atoms with Gasteiger partial charge in [0.15, 0.2) is 0 Å². The molecule has 0 aromatic heterocycles. The van der Waals surface area contributed by atoms with Crippen molar-refractivity contribution in [2.75, 3.05) is 16.0 Å². The summed E-state index contributed by atoms with van der Waals surface area (Å²) < 4.78 is 0. The summed E-state index contributed by atoms with van der Waals surface area (Å²) in [6.45, 7) is 0. The van der Waals surface area contributed by atoms with Crippen molar-refractivity contribution in [3.63, 3.8) is 0 Å². The Bertz CT molecular complexity index is 28.4. The number of rotatable bonds is 3. The highest BCUT2D eigenvalue weighted by Gasteiger charge is 1.99. The molecule has 44 valence electrons. The third-order valence-electron chi connectivity index (χ3n) is 0.655. The average Bonchev–Trinajstić information content (AvgIpc) is 1.72. The van der Waals surface area contributed by atoms with Crippen LogP contribution in [0, 0.1) is 5.92 Å². The van der Waals surface area contributed by atoms with Crippen molar-refractivity contribution in [2.45, 2.75) is 0 Å². The minimum Gasteiger partial charge on any atom is -0.0924 e. The van der Waals surface area contributed by atoms with Crippen LogP contribution in [0.2, 0.25) is 0 Å². The van der Waals surface area contributed by atoms with E-state index in [0.29, 0.717) is 0 Å². The molecule has 0 spiro atoms. The van der Waals surface area contributed by atoms with Gasteiger partial charge in [-0.3, -0.25) is 0 Å². The molecule has 7 heavy (non-hydrogen) atoms. The van der Waals surface area contributed by atoms with Gasteiger partial charge in [0.05, 0.1) is 0 Å². The molecular weight excluding hydrogens is 288 g/mol. The molecule has 0 aliphatic heterocycles. The molecule has 0 radical (unpaired) electrons. The summed E-state index contributed by atoms with van der Waals surface area (Å²) in [4.78, 5) is 0. The largest absolute Gasteiger partial charge is 0.0924 e. The fraction of sp³-hybridized carbons (Fsp3) is 1.00. The van der Waals surface area contributed by atoms with E-state index in [1.165, 1.54) is 0 Å². The monoisotopic (exact) mass is 292 g/mol. The van der Waals surface area contributed by atoms with Crippen LogP contribution in [0.25, 0.3) is 0 Å². The molecule has 0 saturated carbocycles. The van der Waals surface area contributed by atoms with Crippen LogP contribution in [-0.2, 0) is 0 Å². The standard InChI is InChI=1S/C4H7Br3/c5-1-4(2-6)3-7/h4H,1-3H2. The van der Waals surface area contributed by atoms with Crippen LogP contribution in [0.15, 0.2) is 0 Å². The molecule has 0 aliphatic carbocycles. The minimum atomic E-state index is 0.736. The van der Waals surface area contributed by atoms with E-state index in [-0.39, 0.29) is 0 Å². The molecule has 0 heterocycles. The Labute approximate surface area is 69.4 Å². The highest BCUT2D eigenvalue weighted by atomic mass is 79.9. The van der Waals surface area contributed by atoms with Crippen LogP contribution in [-0.4, -0.2) is 16.0 Å². The molecule has 0 atom stereocenters. The Kier molecular flexibility index (Phi) is 6.72. The predicted molar refractivity (Wildman–Crippen MR) is 44.9 cm³/mol. The highest BCUT2D eigenvalue weighted by molar-refractivity contribution is 9.10. The van der Waals surface area contributed by atoms with Crippen molar-refractivity contribution >= 4 is 47.8 Å². The van der Waals surface area contributed by atoms with Crippen LogP contribution in [0.1, 0.15) is 0 Å². The van der Waals surface area contributed by atoms with E-state index in [1.807, 2.05) is 0 Å². The maximum Gasteiger partial charge on any atom is 0.00756 e. The Hall–Kier alpha value is 1.44. The molecule has 0 nitrogen and oxygen atoms in total. The van der Waals surface area contributed by atoms with Crippen molar-refractivity contribution in [3.05, 3.63) is 0 Å². The van der Waals surface area contributed by atoms with Gasteiger partial charge in [0, 0.05) is 16.0 Å². The lowest BCUT2D eigenvalue weighted by atomic mass is 10.3. The van der Waals surface area contributed by atoms with Gasteiger partial charge in [0.1, 0.15) is 0 Å². The van der Waals surface area contributed by atoms with Gasteiger partial charge in [-0.25, -0.2) is 0 Å². The van der Waals surface area contributed by atoms with Gasteiger partial charge in [-0.15, -0.1) is 0 Å². The summed E-state index contributed by atoms with van der Waals surface area (Å²) in [5, 5.41) is 3.22. The summed E-state index contributed by atoms with van der Waals surface area (Å²) in [6, 6.07) is 0. The lowest BCUT2D eigenvalue weighted by molar-refractivity contribution is 0.798. The van der Waals surface area contributed by atoms with E-state index in [0.717, 1.165) is 21.9 Å². The van der Waals surface area contributed by atoms with Crippen LogP contribution in [0.3, 0.4) is 0 Å². The van der Waals surface area contributed by atoms with E-state index >= 15 is 0 Å². The Morgan fingerprint density at radius 1 is 0.857 bits per heavy atom. The van der Waals surface area contributed by atoms with Gasteiger partial charge >= 0.3 is 0 Å². The van der Waals surface area contributed by atoms with Crippen LogP contribution in [0.5, 0.6) is 0 Å². The summed E-state index contributed by atoms with van der Waals surface area (Å²) in [5.41, 5.74) is 0. The SMILES string of the molecule is BrCC(CBr)CBr. The molecule has 0 aromatic carbocycles. The Morgan fingerprint density at radius 3 is 1.14 bits per heavy atom. The molecular formula is C4H7Br3. The maximum atomic E-state index is 3.38. The van der Waals surface area contributed by atoms with Crippen LogP contribution < -0.4 is 0 Å². The maximum absolute atomic E-state index is 3.38. The highest BCUT2D eigenvalue weighted by Crippen LogP contribution is 2.07. The van der Waals surface area contributed by atoms with Gasteiger partial charge in [0.25, 0.3) is 0 Å². The van der Waals surface area contributed by atoms with Crippen molar-refractivity contribution in [1.82, 2.24) is 0 Å². The van der Waals surface area contributed by atoms with E-state index in [4.69, 9.17) is 0 Å². The first-order valence-corrected chi connectivity index (χ1v) is 5.39. The topological polar surface area (TPSA) is 0 Å². The molecule has 0 fully saturated rings. The second-order valence-corrected chi connectivity index (χ2v) is 3.27. The average molecular weight is 295 g/mol. The first-order chi connectivity index (χ1) is 3.35.